The number of hydrogen-bond donors (Lipinski definition) is 3. The van der Waals surface area contributed by atoms with Crippen molar-refractivity contribution in [1.29, 1.82) is 0 Å². The summed E-state index contributed by atoms with van der Waals surface area (Å²) in [5, 5.41) is 5.16. The van der Waals surface area contributed by atoms with Crippen molar-refractivity contribution in [2.75, 3.05) is 6.61 Å². The summed E-state index contributed by atoms with van der Waals surface area (Å²) in [7, 11) is 0. The Morgan fingerprint density at radius 2 is 1.70 bits per heavy atom. The normalized spacial score (nSPS) is 18.0. The molecule has 142 valence electrons. The monoisotopic (exact) mass is 369 g/mol. The molecule has 1 fully saturated rings. The molecule has 27 heavy (non-hydrogen) atoms. The number of unbranched alkanes of at least 4 members (excludes halogenated alkanes) is 1. The van der Waals surface area contributed by atoms with Gasteiger partial charge >= 0.3 is 6.03 Å². The van der Waals surface area contributed by atoms with E-state index in [-0.39, 0.29) is 6.41 Å². The van der Waals surface area contributed by atoms with Gasteiger partial charge in [-0.2, -0.15) is 0 Å². The van der Waals surface area contributed by atoms with Crippen LogP contribution in [0.4, 0.5) is 4.79 Å². The number of imide groups is 1. The zero-order valence-corrected chi connectivity index (χ0v) is 15.1. The highest BCUT2D eigenvalue weighted by Gasteiger charge is 2.50. The van der Waals surface area contributed by atoms with Gasteiger partial charge in [-0.15, -0.1) is 0 Å². The van der Waals surface area contributed by atoms with Gasteiger partial charge in [-0.1, -0.05) is 61.9 Å². The summed E-state index contributed by atoms with van der Waals surface area (Å²) in [6, 6.07) is 16.0. The second-order valence-electron chi connectivity index (χ2n) is 5.86. The third-order valence-corrected chi connectivity index (χ3v) is 4.12. The van der Waals surface area contributed by atoms with Crippen LogP contribution in [0.25, 0.3) is 0 Å². The summed E-state index contributed by atoms with van der Waals surface area (Å²) in [5.74, 6) is 0.206. The Morgan fingerprint density at radius 1 is 1.07 bits per heavy atom. The maximum atomic E-state index is 12.7. The van der Waals surface area contributed by atoms with E-state index in [9.17, 15) is 9.59 Å². The largest absolute Gasteiger partial charge is 0.493 e. The highest BCUT2D eigenvalue weighted by atomic mass is 16.5. The molecule has 0 bridgehead atoms. The van der Waals surface area contributed by atoms with Gasteiger partial charge in [0.15, 0.2) is 5.54 Å². The first-order valence-corrected chi connectivity index (χ1v) is 8.67. The Balaban J connectivity index is 0.000000817. The molecule has 7 nitrogen and oxygen atoms in total. The van der Waals surface area contributed by atoms with Crippen LogP contribution in [-0.4, -0.2) is 25.0 Å². The number of ether oxygens (including phenoxy) is 1. The van der Waals surface area contributed by atoms with Crippen LogP contribution < -0.4 is 21.1 Å². The maximum absolute atomic E-state index is 12.7. The first-order chi connectivity index (χ1) is 13.1. The Morgan fingerprint density at radius 3 is 2.30 bits per heavy atom. The minimum absolute atomic E-state index is 0.250. The van der Waals surface area contributed by atoms with E-state index in [1.807, 2.05) is 54.6 Å². The molecule has 1 aliphatic rings. The van der Waals surface area contributed by atoms with Crippen molar-refractivity contribution in [1.82, 2.24) is 10.6 Å². The molecule has 0 aromatic heterocycles. The molecule has 2 aromatic rings. The molecular formula is C20H23N3O4. The van der Waals surface area contributed by atoms with E-state index in [1.165, 1.54) is 0 Å². The Kier molecular flexibility index (Phi) is 6.93. The first-order valence-electron chi connectivity index (χ1n) is 8.67. The number of nitrogens with two attached hydrogens (primary N) is 1. The van der Waals surface area contributed by atoms with Crippen molar-refractivity contribution >= 4 is 18.3 Å². The molecule has 1 aliphatic heterocycles. The molecule has 4 N–H and O–H groups in total. The van der Waals surface area contributed by atoms with Crippen LogP contribution >= 0.6 is 0 Å². The summed E-state index contributed by atoms with van der Waals surface area (Å²) in [4.78, 5) is 33.2. The van der Waals surface area contributed by atoms with Gasteiger partial charge in [-0.25, -0.2) is 4.79 Å². The van der Waals surface area contributed by atoms with Crippen molar-refractivity contribution in [2.45, 2.75) is 25.3 Å². The molecule has 0 saturated carbocycles. The fourth-order valence-corrected chi connectivity index (χ4v) is 2.92. The molecule has 3 rings (SSSR count). The van der Waals surface area contributed by atoms with E-state index >= 15 is 0 Å². The number of rotatable bonds is 6. The fraction of sp³-hybridized carbons (Fsp3) is 0.250. The Bertz CT molecular complexity index is 795. The minimum Gasteiger partial charge on any atom is -0.493 e. The van der Waals surface area contributed by atoms with Crippen molar-refractivity contribution in [2.24, 2.45) is 5.73 Å². The van der Waals surface area contributed by atoms with Gasteiger partial charge in [-0.3, -0.25) is 14.9 Å². The Labute approximate surface area is 157 Å². The molecule has 0 aliphatic carbocycles. The third-order valence-electron chi connectivity index (χ3n) is 4.12. The number of benzene rings is 2. The number of urea groups is 1. The summed E-state index contributed by atoms with van der Waals surface area (Å²) >= 11 is 0. The number of carbonyl (C=O) groups is 3. The lowest BCUT2D eigenvalue weighted by atomic mass is 9.82. The molecule has 1 atom stereocenters. The molecule has 0 spiro atoms. The summed E-state index contributed by atoms with van der Waals surface area (Å²) < 4.78 is 5.89. The smallest absolute Gasteiger partial charge is 0.322 e. The molecule has 4 amide bonds. The third kappa shape index (κ3) is 4.25. The average molecular weight is 369 g/mol. The molecule has 1 unspecified atom stereocenters. The summed E-state index contributed by atoms with van der Waals surface area (Å²) in [6.45, 7) is 2.65. The molecule has 7 heteroatoms. The standard InChI is InChI=1S/C19H20N2O3.CH3NO/c1-2-3-13-24-16-12-8-7-11-15(16)19(14-9-5-4-6-10-14)17(22)20-18(23)21-19;2-1-3/h4-12H,2-3,13H2,1H3,(H2,20,21,22,23);1H,(H2,2,3). The molecule has 1 saturated heterocycles. The van der Waals surface area contributed by atoms with E-state index in [4.69, 9.17) is 9.53 Å². The van der Waals surface area contributed by atoms with Gasteiger partial charge in [0.1, 0.15) is 5.75 Å². The predicted octanol–water partition coefficient (Wildman–Crippen LogP) is 2.05. The number of primary amides is 1. The second-order valence-corrected chi connectivity index (χ2v) is 5.86. The highest BCUT2D eigenvalue weighted by molar-refractivity contribution is 6.09. The predicted molar refractivity (Wildman–Crippen MR) is 101 cm³/mol. The lowest BCUT2D eigenvalue weighted by Crippen LogP contribution is -2.45. The first kappa shape index (κ1) is 20.0. The van der Waals surface area contributed by atoms with Gasteiger partial charge in [0, 0.05) is 5.56 Å². The maximum Gasteiger partial charge on any atom is 0.322 e. The van der Waals surface area contributed by atoms with Crippen LogP contribution in [0.1, 0.15) is 30.9 Å². The number of carbonyl (C=O) groups excluding carboxylic acids is 3. The van der Waals surface area contributed by atoms with E-state index in [2.05, 4.69) is 23.3 Å². The van der Waals surface area contributed by atoms with Crippen molar-refractivity contribution < 1.29 is 19.1 Å². The second kappa shape index (κ2) is 9.38. The van der Waals surface area contributed by atoms with Gasteiger partial charge in [0.2, 0.25) is 6.41 Å². The van der Waals surface area contributed by atoms with Gasteiger partial charge in [0.05, 0.1) is 6.61 Å². The van der Waals surface area contributed by atoms with Crippen molar-refractivity contribution in [3.05, 3.63) is 65.7 Å². The van der Waals surface area contributed by atoms with Crippen LogP contribution in [-0.2, 0) is 15.1 Å². The molecule has 0 radical (unpaired) electrons. The minimum atomic E-state index is -1.28. The molecule has 1 heterocycles. The Hall–Kier alpha value is -3.35. The lowest BCUT2D eigenvalue weighted by Gasteiger charge is -2.29. The SMILES string of the molecule is CCCCOc1ccccc1C1(c2ccccc2)NC(=O)NC1=O.NC=O. The highest BCUT2D eigenvalue weighted by Crippen LogP contribution is 2.38. The quantitative estimate of drug-likeness (QED) is 0.411. The van der Waals surface area contributed by atoms with Gasteiger partial charge in [0.25, 0.3) is 5.91 Å². The summed E-state index contributed by atoms with van der Waals surface area (Å²) in [5.41, 5.74) is 4.22. The van der Waals surface area contributed by atoms with E-state index in [0.29, 0.717) is 23.5 Å². The number of nitrogens with one attached hydrogen (secondary N) is 2. The van der Waals surface area contributed by atoms with Crippen LogP contribution in [0.3, 0.4) is 0 Å². The van der Waals surface area contributed by atoms with Crippen LogP contribution in [0.15, 0.2) is 54.6 Å². The molecular weight excluding hydrogens is 346 g/mol. The van der Waals surface area contributed by atoms with Crippen LogP contribution in [0, 0.1) is 0 Å². The van der Waals surface area contributed by atoms with E-state index in [0.717, 1.165) is 12.8 Å². The zero-order valence-electron chi connectivity index (χ0n) is 15.1. The number of para-hydroxylation sites is 1. The zero-order chi connectivity index (χ0) is 19.7. The van der Waals surface area contributed by atoms with Gasteiger partial charge < -0.3 is 15.8 Å². The topological polar surface area (TPSA) is 111 Å². The van der Waals surface area contributed by atoms with E-state index in [1.54, 1.807) is 0 Å². The average Bonchev–Trinajstić information content (AvgIpc) is 2.98. The summed E-state index contributed by atoms with van der Waals surface area (Å²) in [6.07, 6.45) is 2.19. The molecule has 2 aromatic carbocycles. The van der Waals surface area contributed by atoms with E-state index < -0.39 is 17.5 Å². The van der Waals surface area contributed by atoms with Gasteiger partial charge in [-0.05, 0) is 18.1 Å². The number of amides is 4. The lowest BCUT2D eigenvalue weighted by molar-refractivity contribution is -0.123. The fourth-order valence-electron chi connectivity index (χ4n) is 2.92. The van der Waals surface area contributed by atoms with Crippen LogP contribution in [0.2, 0.25) is 0 Å². The van der Waals surface area contributed by atoms with Crippen molar-refractivity contribution in [3.8, 4) is 5.75 Å². The van der Waals surface area contributed by atoms with Crippen molar-refractivity contribution in [3.63, 3.8) is 0 Å². The van der Waals surface area contributed by atoms with Crippen LogP contribution in [0.5, 0.6) is 5.75 Å². The number of hydrogen-bond acceptors (Lipinski definition) is 4.